The first-order chi connectivity index (χ1) is 9.54. The van der Waals surface area contributed by atoms with Crippen LogP contribution in [0.5, 0.6) is 0 Å². The van der Waals surface area contributed by atoms with Gasteiger partial charge in [-0.15, -0.1) is 0 Å². The Bertz CT molecular complexity index is 671. The van der Waals surface area contributed by atoms with Crippen molar-refractivity contribution in [1.29, 1.82) is 0 Å². The molecule has 0 saturated carbocycles. The number of sulfone groups is 1. The number of carboxylic acids is 1. The molecule has 1 rings (SSSR count). The molecule has 0 radical (unpaired) electrons. The zero-order valence-corrected chi connectivity index (χ0v) is 12.6. The van der Waals surface area contributed by atoms with E-state index in [4.69, 9.17) is 5.11 Å². The van der Waals surface area contributed by atoms with Gasteiger partial charge in [-0.3, -0.25) is 9.59 Å². The minimum Gasteiger partial charge on any atom is -0.481 e. The van der Waals surface area contributed by atoms with E-state index in [1.165, 1.54) is 13.8 Å². The van der Waals surface area contributed by atoms with Crippen LogP contribution < -0.4 is 5.32 Å². The highest BCUT2D eigenvalue weighted by Crippen LogP contribution is 2.21. The van der Waals surface area contributed by atoms with Gasteiger partial charge in [0, 0.05) is 12.2 Å². The zero-order chi connectivity index (χ0) is 16.4. The molecule has 2 atom stereocenters. The number of carbonyl (C=O) groups excluding carboxylic acids is 1. The molecule has 0 saturated heterocycles. The molecule has 1 amide bonds. The molecule has 0 bridgehead atoms. The van der Waals surface area contributed by atoms with Crippen LogP contribution in [0.3, 0.4) is 0 Å². The number of anilines is 1. The molecule has 1 aromatic carbocycles. The lowest BCUT2D eigenvalue weighted by Gasteiger charge is -2.16. The predicted molar refractivity (Wildman–Crippen MR) is 74.1 cm³/mol. The number of halogens is 1. The van der Waals surface area contributed by atoms with Crippen LogP contribution in [0.1, 0.15) is 13.8 Å². The Kier molecular flexibility index (Phi) is 5.06. The molecule has 0 aliphatic rings. The Morgan fingerprint density at radius 2 is 1.81 bits per heavy atom. The summed E-state index contributed by atoms with van der Waals surface area (Å²) in [7, 11) is -3.54. The van der Waals surface area contributed by atoms with Crippen molar-refractivity contribution in [3.8, 4) is 0 Å². The summed E-state index contributed by atoms with van der Waals surface area (Å²) in [5.41, 5.74) is -0.299. The Morgan fingerprint density at radius 1 is 1.24 bits per heavy atom. The van der Waals surface area contributed by atoms with Gasteiger partial charge >= 0.3 is 5.97 Å². The van der Waals surface area contributed by atoms with Crippen LogP contribution in [-0.4, -0.2) is 31.7 Å². The van der Waals surface area contributed by atoms with Crippen molar-refractivity contribution >= 4 is 27.4 Å². The summed E-state index contributed by atoms with van der Waals surface area (Å²) >= 11 is 0. The number of carbonyl (C=O) groups is 2. The fourth-order valence-corrected chi connectivity index (χ4v) is 2.17. The fraction of sp³-hybridized carbons (Fsp3) is 0.385. The maximum absolute atomic E-state index is 13.6. The summed E-state index contributed by atoms with van der Waals surface area (Å²) in [4.78, 5) is 22.6. The largest absolute Gasteiger partial charge is 0.481 e. The molecule has 0 fully saturated rings. The lowest BCUT2D eigenvalue weighted by atomic mass is 9.95. The van der Waals surface area contributed by atoms with Gasteiger partial charge in [-0.05, 0) is 18.2 Å². The molecule has 2 unspecified atom stereocenters. The summed E-state index contributed by atoms with van der Waals surface area (Å²) in [5.74, 6) is -4.50. The Hall–Kier alpha value is -1.96. The van der Waals surface area contributed by atoms with Crippen LogP contribution in [0, 0.1) is 17.7 Å². The van der Waals surface area contributed by atoms with Crippen LogP contribution in [-0.2, 0) is 19.4 Å². The Balaban J connectivity index is 3.03. The van der Waals surface area contributed by atoms with Crippen molar-refractivity contribution in [3.05, 3.63) is 24.0 Å². The Labute approximate surface area is 121 Å². The highest BCUT2D eigenvalue weighted by molar-refractivity contribution is 7.90. The van der Waals surface area contributed by atoms with E-state index in [2.05, 4.69) is 5.32 Å². The van der Waals surface area contributed by atoms with E-state index in [9.17, 15) is 22.4 Å². The topological polar surface area (TPSA) is 101 Å². The SMILES string of the molecule is CC(C(=O)O)C(C)C(=O)Nc1cc(S(C)(=O)=O)ccc1F. The van der Waals surface area contributed by atoms with E-state index < -0.39 is 39.4 Å². The predicted octanol–water partition coefficient (Wildman–Crippen LogP) is 1.52. The first kappa shape index (κ1) is 17.1. The van der Waals surface area contributed by atoms with E-state index >= 15 is 0 Å². The first-order valence-electron chi connectivity index (χ1n) is 6.07. The summed E-state index contributed by atoms with van der Waals surface area (Å²) < 4.78 is 36.4. The molecule has 0 aliphatic carbocycles. The second-order valence-electron chi connectivity index (χ2n) is 4.82. The molecule has 2 N–H and O–H groups in total. The number of amides is 1. The molecular formula is C13H16FNO5S. The van der Waals surface area contributed by atoms with E-state index in [0.717, 1.165) is 24.5 Å². The van der Waals surface area contributed by atoms with Gasteiger partial charge in [-0.2, -0.15) is 0 Å². The number of hydrogen-bond acceptors (Lipinski definition) is 4. The molecule has 6 nitrogen and oxygen atoms in total. The maximum atomic E-state index is 13.6. The highest BCUT2D eigenvalue weighted by atomic mass is 32.2. The maximum Gasteiger partial charge on any atom is 0.307 e. The van der Waals surface area contributed by atoms with Crippen LogP contribution in [0.4, 0.5) is 10.1 Å². The second kappa shape index (κ2) is 6.21. The van der Waals surface area contributed by atoms with Gasteiger partial charge < -0.3 is 10.4 Å². The van der Waals surface area contributed by atoms with Gasteiger partial charge in [0.05, 0.1) is 16.5 Å². The monoisotopic (exact) mass is 317 g/mol. The number of carboxylic acid groups (broad SMARTS) is 1. The van der Waals surface area contributed by atoms with E-state index in [1.807, 2.05) is 0 Å². The average Bonchev–Trinajstić information content (AvgIpc) is 2.37. The van der Waals surface area contributed by atoms with Gasteiger partial charge in [-0.1, -0.05) is 13.8 Å². The molecule has 21 heavy (non-hydrogen) atoms. The first-order valence-corrected chi connectivity index (χ1v) is 7.96. The van der Waals surface area contributed by atoms with Gasteiger partial charge in [0.25, 0.3) is 0 Å². The lowest BCUT2D eigenvalue weighted by Crippen LogP contribution is -2.30. The van der Waals surface area contributed by atoms with Crippen molar-refractivity contribution in [3.63, 3.8) is 0 Å². The van der Waals surface area contributed by atoms with E-state index in [1.54, 1.807) is 0 Å². The van der Waals surface area contributed by atoms with Crippen LogP contribution in [0.15, 0.2) is 23.1 Å². The van der Waals surface area contributed by atoms with E-state index in [0.29, 0.717) is 0 Å². The summed E-state index contributed by atoms with van der Waals surface area (Å²) in [6.45, 7) is 2.75. The second-order valence-corrected chi connectivity index (χ2v) is 6.83. The van der Waals surface area contributed by atoms with Crippen molar-refractivity contribution in [2.45, 2.75) is 18.7 Å². The normalized spacial score (nSPS) is 14.3. The molecule has 8 heteroatoms. The molecule has 0 spiro atoms. The number of rotatable bonds is 5. The number of nitrogens with one attached hydrogen (secondary N) is 1. The minimum absolute atomic E-state index is 0.141. The quantitative estimate of drug-likeness (QED) is 0.802. The van der Waals surface area contributed by atoms with Crippen LogP contribution >= 0.6 is 0 Å². The number of hydrogen-bond donors (Lipinski definition) is 2. The molecule has 116 valence electrons. The molecule has 0 heterocycles. The highest BCUT2D eigenvalue weighted by Gasteiger charge is 2.26. The zero-order valence-electron chi connectivity index (χ0n) is 11.8. The van der Waals surface area contributed by atoms with Crippen molar-refractivity contribution in [2.75, 3.05) is 11.6 Å². The standard InChI is InChI=1S/C13H16FNO5S/c1-7(8(2)13(17)18)12(16)15-11-6-9(21(3,19)20)4-5-10(11)14/h4-8H,1-3H3,(H,15,16)(H,17,18). The molecular weight excluding hydrogens is 301 g/mol. The van der Waals surface area contributed by atoms with E-state index in [-0.39, 0.29) is 10.6 Å². The third-order valence-electron chi connectivity index (χ3n) is 3.18. The third-order valence-corrected chi connectivity index (χ3v) is 4.29. The molecule has 0 aliphatic heterocycles. The van der Waals surface area contributed by atoms with Gasteiger partial charge in [0.2, 0.25) is 5.91 Å². The van der Waals surface area contributed by atoms with Crippen LogP contribution in [0.2, 0.25) is 0 Å². The average molecular weight is 317 g/mol. The summed E-state index contributed by atoms with van der Waals surface area (Å²) in [5, 5.41) is 11.1. The number of aliphatic carboxylic acids is 1. The number of benzene rings is 1. The van der Waals surface area contributed by atoms with Crippen molar-refractivity contribution < 1.29 is 27.5 Å². The van der Waals surface area contributed by atoms with Crippen molar-refractivity contribution in [2.24, 2.45) is 11.8 Å². The minimum atomic E-state index is -3.54. The molecule has 0 aromatic heterocycles. The lowest BCUT2D eigenvalue weighted by molar-refractivity contribution is -0.145. The van der Waals surface area contributed by atoms with Crippen molar-refractivity contribution in [1.82, 2.24) is 0 Å². The summed E-state index contributed by atoms with van der Waals surface area (Å²) in [6, 6.07) is 3.02. The molecule has 1 aromatic rings. The summed E-state index contributed by atoms with van der Waals surface area (Å²) in [6.07, 6.45) is 0.959. The van der Waals surface area contributed by atoms with Crippen LogP contribution in [0.25, 0.3) is 0 Å². The van der Waals surface area contributed by atoms with Gasteiger partial charge in [-0.25, -0.2) is 12.8 Å². The fourth-order valence-electron chi connectivity index (χ4n) is 1.52. The Morgan fingerprint density at radius 3 is 2.29 bits per heavy atom. The van der Waals surface area contributed by atoms with Gasteiger partial charge in [0.15, 0.2) is 9.84 Å². The third kappa shape index (κ3) is 4.25. The van der Waals surface area contributed by atoms with Gasteiger partial charge in [0.1, 0.15) is 5.82 Å². The smallest absolute Gasteiger partial charge is 0.307 e.